The van der Waals surface area contributed by atoms with Crippen LogP contribution in [0.1, 0.15) is 6.42 Å². The number of H-pyrrole nitrogens is 1. The lowest BCUT2D eigenvalue weighted by molar-refractivity contribution is -0.116. The molecule has 0 atom stereocenters. The topological polar surface area (TPSA) is 67.0 Å². The molecule has 1 heterocycles. The van der Waals surface area contributed by atoms with E-state index in [2.05, 4.69) is 15.5 Å². The number of anilines is 1. The molecular weight excluding hydrogens is 237 g/mol. The highest BCUT2D eigenvalue weighted by molar-refractivity contribution is 5.90. The summed E-state index contributed by atoms with van der Waals surface area (Å²) in [6.07, 6.45) is 3.31. The summed E-state index contributed by atoms with van der Waals surface area (Å²) in [7, 11) is 0. The van der Waals surface area contributed by atoms with Gasteiger partial charge in [0.2, 0.25) is 5.91 Å². The number of carbonyl (C=O) groups excluding carboxylic acids is 1. The second-order valence-electron chi connectivity index (χ2n) is 3.59. The van der Waals surface area contributed by atoms with Crippen LogP contribution in [0, 0.1) is 5.82 Å². The van der Waals surface area contributed by atoms with E-state index < -0.39 is 0 Å². The standard InChI is InChI=1S/C12H12FN3O2/c13-9-1-3-11(4-2-9)18-6-5-12(17)16-10-7-14-15-8-10/h1-4,7-8H,5-6H2,(H,14,15)(H,16,17). The Labute approximate surface area is 103 Å². The van der Waals surface area contributed by atoms with Crippen LogP contribution in [0.3, 0.4) is 0 Å². The zero-order valence-corrected chi connectivity index (χ0v) is 9.52. The van der Waals surface area contributed by atoms with Crippen LogP contribution < -0.4 is 10.1 Å². The minimum atomic E-state index is -0.319. The van der Waals surface area contributed by atoms with E-state index in [1.165, 1.54) is 30.5 Å². The number of halogens is 1. The molecule has 0 radical (unpaired) electrons. The van der Waals surface area contributed by atoms with Crippen LogP contribution in [-0.2, 0) is 4.79 Å². The number of hydrogen-bond donors (Lipinski definition) is 2. The summed E-state index contributed by atoms with van der Waals surface area (Å²) in [6.45, 7) is 0.231. The van der Waals surface area contributed by atoms with Gasteiger partial charge in [0.1, 0.15) is 11.6 Å². The molecule has 1 aromatic carbocycles. The molecule has 5 nitrogen and oxygen atoms in total. The Balaban J connectivity index is 1.72. The van der Waals surface area contributed by atoms with Crippen LogP contribution in [0.15, 0.2) is 36.7 Å². The average Bonchev–Trinajstić information content (AvgIpc) is 2.84. The van der Waals surface area contributed by atoms with Crippen LogP contribution in [0.5, 0.6) is 5.75 Å². The van der Waals surface area contributed by atoms with Gasteiger partial charge in [0.25, 0.3) is 0 Å². The number of nitrogens with zero attached hydrogens (tertiary/aromatic N) is 1. The van der Waals surface area contributed by atoms with Gasteiger partial charge in [-0.2, -0.15) is 5.10 Å². The number of aromatic nitrogens is 2. The lowest BCUT2D eigenvalue weighted by atomic mass is 10.3. The maximum Gasteiger partial charge on any atom is 0.227 e. The number of hydrogen-bond acceptors (Lipinski definition) is 3. The average molecular weight is 249 g/mol. The highest BCUT2D eigenvalue weighted by Crippen LogP contribution is 2.11. The molecule has 2 aromatic rings. The predicted octanol–water partition coefficient (Wildman–Crippen LogP) is 1.96. The van der Waals surface area contributed by atoms with Crippen molar-refractivity contribution in [1.82, 2.24) is 10.2 Å². The van der Waals surface area contributed by atoms with Gasteiger partial charge in [-0.1, -0.05) is 0 Å². The highest BCUT2D eigenvalue weighted by atomic mass is 19.1. The van der Waals surface area contributed by atoms with E-state index in [1.54, 1.807) is 6.20 Å². The van der Waals surface area contributed by atoms with Gasteiger partial charge in [-0.05, 0) is 24.3 Å². The molecule has 94 valence electrons. The zero-order chi connectivity index (χ0) is 12.8. The third kappa shape index (κ3) is 3.58. The van der Waals surface area contributed by atoms with Crippen molar-refractivity contribution < 1.29 is 13.9 Å². The summed E-state index contributed by atoms with van der Waals surface area (Å²) >= 11 is 0. The minimum absolute atomic E-state index is 0.168. The van der Waals surface area contributed by atoms with Crippen LogP contribution in [0.25, 0.3) is 0 Å². The maximum atomic E-state index is 12.6. The van der Waals surface area contributed by atoms with E-state index in [4.69, 9.17) is 4.74 Å². The molecule has 0 fully saturated rings. The molecule has 1 aromatic heterocycles. The summed E-state index contributed by atoms with van der Waals surface area (Å²) in [4.78, 5) is 11.5. The number of nitrogens with one attached hydrogen (secondary N) is 2. The number of benzene rings is 1. The number of rotatable bonds is 5. The fourth-order valence-electron chi connectivity index (χ4n) is 1.34. The van der Waals surface area contributed by atoms with E-state index >= 15 is 0 Å². The van der Waals surface area contributed by atoms with Gasteiger partial charge >= 0.3 is 0 Å². The van der Waals surface area contributed by atoms with Crippen molar-refractivity contribution in [3.63, 3.8) is 0 Å². The lowest BCUT2D eigenvalue weighted by Gasteiger charge is -2.05. The van der Waals surface area contributed by atoms with Gasteiger partial charge in [0, 0.05) is 6.20 Å². The minimum Gasteiger partial charge on any atom is -0.493 e. The van der Waals surface area contributed by atoms with Gasteiger partial charge in [0.15, 0.2) is 0 Å². The Morgan fingerprint density at radius 3 is 2.83 bits per heavy atom. The number of ether oxygens (including phenoxy) is 1. The van der Waals surface area contributed by atoms with Gasteiger partial charge < -0.3 is 10.1 Å². The van der Waals surface area contributed by atoms with Gasteiger partial charge in [0.05, 0.1) is 24.9 Å². The fraction of sp³-hybridized carbons (Fsp3) is 0.167. The zero-order valence-electron chi connectivity index (χ0n) is 9.52. The quantitative estimate of drug-likeness (QED) is 0.851. The normalized spacial score (nSPS) is 10.1. The molecule has 0 aliphatic heterocycles. The molecule has 0 saturated heterocycles. The van der Waals surface area contributed by atoms with Crippen LogP contribution in [-0.4, -0.2) is 22.7 Å². The lowest BCUT2D eigenvalue weighted by Crippen LogP contribution is -2.14. The third-order valence-corrected chi connectivity index (χ3v) is 2.19. The molecule has 1 amide bonds. The molecule has 0 saturated carbocycles. The molecule has 0 spiro atoms. The molecule has 2 rings (SSSR count). The van der Waals surface area contributed by atoms with Crippen molar-refractivity contribution in [2.24, 2.45) is 0 Å². The van der Waals surface area contributed by atoms with Gasteiger partial charge in [-0.15, -0.1) is 0 Å². The smallest absolute Gasteiger partial charge is 0.227 e. The van der Waals surface area contributed by atoms with Gasteiger partial charge in [-0.25, -0.2) is 4.39 Å². The maximum absolute atomic E-state index is 12.6. The van der Waals surface area contributed by atoms with E-state index in [9.17, 15) is 9.18 Å². The van der Waals surface area contributed by atoms with Crippen molar-refractivity contribution in [2.75, 3.05) is 11.9 Å². The first kappa shape index (κ1) is 12.1. The number of amides is 1. The molecule has 6 heteroatoms. The van der Waals surface area contributed by atoms with Crippen molar-refractivity contribution in [1.29, 1.82) is 0 Å². The van der Waals surface area contributed by atoms with E-state index in [0.29, 0.717) is 11.4 Å². The highest BCUT2D eigenvalue weighted by Gasteiger charge is 2.03. The first-order chi connectivity index (χ1) is 8.74. The Hall–Kier alpha value is -2.37. The SMILES string of the molecule is O=C(CCOc1ccc(F)cc1)Nc1cn[nH]c1. The second kappa shape index (κ2) is 5.81. The van der Waals surface area contributed by atoms with Crippen LogP contribution >= 0.6 is 0 Å². The summed E-state index contributed by atoms with van der Waals surface area (Å²) in [5, 5.41) is 8.94. The number of aromatic amines is 1. The third-order valence-electron chi connectivity index (χ3n) is 2.19. The Morgan fingerprint density at radius 1 is 1.39 bits per heavy atom. The Bertz CT molecular complexity index is 497. The molecule has 2 N–H and O–H groups in total. The summed E-state index contributed by atoms with van der Waals surface area (Å²) in [5.74, 6) is 0.0473. The van der Waals surface area contributed by atoms with E-state index in [0.717, 1.165) is 0 Å². The fourth-order valence-corrected chi connectivity index (χ4v) is 1.34. The van der Waals surface area contributed by atoms with Crippen LogP contribution in [0.4, 0.5) is 10.1 Å². The Kier molecular flexibility index (Phi) is 3.90. The molecule has 0 aliphatic rings. The van der Waals surface area contributed by atoms with Crippen molar-refractivity contribution in [2.45, 2.75) is 6.42 Å². The van der Waals surface area contributed by atoms with Crippen LogP contribution in [0.2, 0.25) is 0 Å². The first-order valence-corrected chi connectivity index (χ1v) is 5.41. The van der Waals surface area contributed by atoms with Gasteiger partial charge in [-0.3, -0.25) is 9.89 Å². The van der Waals surface area contributed by atoms with Crippen molar-refractivity contribution >= 4 is 11.6 Å². The molecule has 0 unspecified atom stereocenters. The monoisotopic (exact) mass is 249 g/mol. The second-order valence-corrected chi connectivity index (χ2v) is 3.59. The number of carbonyl (C=O) groups is 1. The molecule has 0 bridgehead atoms. The predicted molar refractivity (Wildman–Crippen MR) is 63.7 cm³/mol. The van der Waals surface area contributed by atoms with Crippen molar-refractivity contribution in [3.05, 3.63) is 42.5 Å². The summed E-state index contributed by atoms with van der Waals surface area (Å²) in [6, 6.07) is 5.65. The largest absolute Gasteiger partial charge is 0.493 e. The summed E-state index contributed by atoms with van der Waals surface area (Å²) < 4.78 is 17.9. The molecule has 18 heavy (non-hydrogen) atoms. The van der Waals surface area contributed by atoms with E-state index in [1.807, 2.05) is 0 Å². The first-order valence-electron chi connectivity index (χ1n) is 5.41. The Morgan fingerprint density at radius 2 is 2.17 bits per heavy atom. The molecule has 0 aliphatic carbocycles. The van der Waals surface area contributed by atoms with Crippen molar-refractivity contribution in [3.8, 4) is 5.75 Å². The summed E-state index contributed by atoms with van der Waals surface area (Å²) in [5.41, 5.74) is 0.613. The molecular formula is C12H12FN3O2. The van der Waals surface area contributed by atoms with E-state index in [-0.39, 0.29) is 24.8 Å².